The third-order valence-electron chi connectivity index (χ3n) is 3.46. The van der Waals surface area contributed by atoms with Crippen LogP contribution in [-0.4, -0.2) is 26.4 Å². The lowest BCUT2D eigenvalue weighted by molar-refractivity contribution is -0.141. The Morgan fingerprint density at radius 1 is 1.30 bits per heavy atom. The molecule has 10 heteroatoms. The molecule has 1 N–H and O–H groups in total. The molecule has 5 nitrogen and oxygen atoms in total. The number of alkyl halides is 3. The molecule has 0 saturated heterocycles. The Hall–Kier alpha value is -2.62. The number of carbonyl (C=O) groups is 1. The summed E-state index contributed by atoms with van der Waals surface area (Å²) in [6, 6.07) is 4.48. The van der Waals surface area contributed by atoms with Gasteiger partial charge < -0.3 is 5.32 Å². The predicted molar refractivity (Wildman–Crippen MR) is 98.2 cm³/mol. The highest BCUT2D eigenvalue weighted by Crippen LogP contribution is 2.32. The summed E-state index contributed by atoms with van der Waals surface area (Å²) >= 11 is 4.82. The van der Waals surface area contributed by atoms with Gasteiger partial charge in [-0.1, -0.05) is 12.2 Å². The zero-order valence-corrected chi connectivity index (χ0v) is 15.5. The Balaban J connectivity index is 2.20. The van der Waals surface area contributed by atoms with Crippen molar-refractivity contribution < 1.29 is 22.4 Å². The van der Waals surface area contributed by atoms with Gasteiger partial charge in [-0.2, -0.15) is 18.3 Å². The van der Waals surface area contributed by atoms with Crippen LogP contribution in [-0.2, 0) is 18.0 Å². The summed E-state index contributed by atoms with van der Waals surface area (Å²) in [5, 5.41) is 5.86. The first-order chi connectivity index (χ1) is 12.5. The number of carbonyl (C=O) groups excluding carboxylic acids is 1. The van der Waals surface area contributed by atoms with E-state index in [1.54, 1.807) is 13.8 Å². The Morgan fingerprint density at radius 2 is 1.96 bits per heavy atom. The van der Waals surface area contributed by atoms with Gasteiger partial charge in [-0.25, -0.2) is 4.39 Å². The molecule has 1 aromatic heterocycles. The molecule has 0 aliphatic carbocycles. The van der Waals surface area contributed by atoms with Crippen molar-refractivity contribution in [3.8, 4) is 11.3 Å². The Morgan fingerprint density at radius 3 is 2.48 bits per heavy atom. The third kappa shape index (κ3) is 5.43. The van der Waals surface area contributed by atoms with E-state index < -0.39 is 23.6 Å². The number of aliphatic imine (C=N–C) groups is 1. The summed E-state index contributed by atoms with van der Waals surface area (Å²) in [4.78, 5) is 16.3. The van der Waals surface area contributed by atoms with E-state index in [0.717, 1.165) is 16.8 Å². The van der Waals surface area contributed by atoms with Crippen LogP contribution in [0.25, 0.3) is 11.3 Å². The number of aryl methyl sites for hydroxylation is 1. The quantitative estimate of drug-likeness (QED) is 0.471. The first-order valence-electron chi connectivity index (χ1n) is 7.73. The minimum absolute atomic E-state index is 0.0198. The largest absolute Gasteiger partial charge is 0.435 e. The number of aromatic nitrogens is 2. The number of rotatable bonds is 4. The van der Waals surface area contributed by atoms with Gasteiger partial charge in [0.15, 0.2) is 5.69 Å². The average molecular weight is 400 g/mol. The summed E-state index contributed by atoms with van der Waals surface area (Å²) in [7, 11) is 1.29. The minimum atomic E-state index is -4.62. The fraction of sp³-hybridized carbons (Fsp3) is 0.294. The number of hydrogen-bond donors (Lipinski definition) is 1. The van der Waals surface area contributed by atoms with Gasteiger partial charge in [-0.15, -0.1) is 0 Å². The van der Waals surface area contributed by atoms with Gasteiger partial charge in [-0.05, 0) is 38.1 Å². The zero-order valence-electron chi connectivity index (χ0n) is 14.7. The summed E-state index contributed by atoms with van der Waals surface area (Å²) in [6.45, 7) is 3.26. The maximum Gasteiger partial charge on any atom is 0.435 e. The van der Waals surface area contributed by atoms with Crippen LogP contribution in [0.1, 0.15) is 26.0 Å². The van der Waals surface area contributed by atoms with Crippen molar-refractivity contribution in [1.29, 1.82) is 0 Å². The van der Waals surface area contributed by atoms with Crippen LogP contribution in [0.4, 0.5) is 23.2 Å². The Kier molecular flexibility index (Phi) is 6.09. The van der Waals surface area contributed by atoms with E-state index >= 15 is 0 Å². The molecule has 0 radical (unpaired) electrons. The van der Waals surface area contributed by atoms with E-state index in [1.165, 1.54) is 19.2 Å². The average Bonchev–Trinajstić information content (AvgIpc) is 2.88. The second-order valence-electron chi connectivity index (χ2n) is 5.82. The fourth-order valence-electron chi connectivity index (χ4n) is 2.40. The molecule has 144 valence electrons. The van der Waals surface area contributed by atoms with Crippen LogP contribution in [0.5, 0.6) is 0 Å². The molecular weight excluding hydrogens is 384 g/mol. The molecular formula is C17H16F4N4OS. The maximum atomic E-state index is 14.4. The second-order valence-corrected chi connectivity index (χ2v) is 6.41. The summed E-state index contributed by atoms with van der Waals surface area (Å²) < 4.78 is 53.6. The van der Waals surface area contributed by atoms with Gasteiger partial charge in [0.05, 0.1) is 17.1 Å². The van der Waals surface area contributed by atoms with E-state index in [0.29, 0.717) is 10.7 Å². The molecule has 0 unspecified atom stereocenters. The molecule has 0 saturated carbocycles. The monoisotopic (exact) mass is 400 g/mol. The number of nitrogens with one attached hydrogen (secondary N) is 1. The van der Waals surface area contributed by atoms with E-state index in [1.807, 2.05) is 0 Å². The lowest BCUT2D eigenvalue weighted by Crippen LogP contribution is -2.15. The number of benzene rings is 1. The van der Waals surface area contributed by atoms with E-state index in [2.05, 4.69) is 15.4 Å². The lowest BCUT2D eigenvalue weighted by atomic mass is 10.1. The molecule has 0 aliphatic heterocycles. The summed E-state index contributed by atoms with van der Waals surface area (Å²) in [5.41, 5.74) is -0.525. The Labute approximate surface area is 158 Å². The van der Waals surface area contributed by atoms with Crippen LogP contribution >= 0.6 is 12.2 Å². The second kappa shape index (κ2) is 7.95. The molecule has 1 heterocycles. The third-order valence-corrected chi connectivity index (χ3v) is 3.56. The van der Waals surface area contributed by atoms with Crippen molar-refractivity contribution in [1.82, 2.24) is 9.78 Å². The smallest absolute Gasteiger partial charge is 0.326 e. The van der Waals surface area contributed by atoms with Gasteiger partial charge in [0.2, 0.25) is 5.91 Å². The number of hydrogen-bond acceptors (Lipinski definition) is 3. The topological polar surface area (TPSA) is 59.3 Å². The number of halogens is 4. The molecule has 27 heavy (non-hydrogen) atoms. The molecule has 1 aromatic carbocycles. The SMILES string of the molecule is CC(=S)N=C(C)CC(=O)Nc1ccc(-c2cc(C(F)(F)F)nn2C)c(F)c1. The summed E-state index contributed by atoms with van der Waals surface area (Å²) in [6.07, 6.45) is -4.64. The molecule has 0 fully saturated rings. The van der Waals surface area contributed by atoms with E-state index in [4.69, 9.17) is 12.2 Å². The van der Waals surface area contributed by atoms with Gasteiger partial charge in [0.1, 0.15) is 5.82 Å². The molecule has 2 rings (SSSR count). The van der Waals surface area contributed by atoms with E-state index in [-0.39, 0.29) is 23.4 Å². The molecule has 2 aromatic rings. The van der Waals surface area contributed by atoms with Crippen LogP contribution in [0, 0.1) is 5.82 Å². The number of amides is 1. The minimum Gasteiger partial charge on any atom is -0.326 e. The highest BCUT2D eigenvalue weighted by atomic mass is 32.1. The van der Waals surface area contributed by atoms with Crippen molar-refractivity contribution >= 4 is 34.5 Å². The molecule has 0 aliphatic rings. The van der Waals surface area contributed by atoms with Gasteiger partial charge in [0, 0.05) is 24.0 Å². The van der Waals surface area contributed by atoms with Gasteiger partial charge in [0.25, 0.3) is 0 Å². The first kappa shape index (κ1) is 20.7. The van der Waals surface area contributed by atoms with Crippen molar-refractivity contribution in [2.45, 2.75) is 26.4 Å². The van der Waals surface area contributed by atoms with Crippen molar-refractivity contribution in [3.63, 3.8) is 0 Å². The highest BCUT2D eigenvalue weighted by Gasteiger charge is 2.35. The highest BCUT2D eigenvalue weighted by molar-refractivity contribution is 7.80. The zero-order chi connectivity index (χ0) is 20.4. The molecule has 1 amide bonds. The first-order valence-corrected chi connectivity index (χ1v) is 8.14. The van der Waals surface area contributed by atoms with Crippen LogP contribution in [0.15, 0.2) is 29.3 Å². The van der Waals surface area contributed by atoms with Crippen molar-refractivity contribution in [3.05, 3.63) is 35.8 Å². The predicted octanol–water partition coefficient (Wildman–Crippen LogP) is 4.38. The number of anilines is 1. The summed E-state index contributed by atoms with van der Waals surface area (Å²) in [5.74, 6) is -1.20. The van der Waals surface area contributed by atoms with Crippen LogP contribution in [0.2, 0.25) is 0 Å². The molecule has 0 spiro atoms. The number of nitrogens with zero attached hydrogens (tertiary/aromatic N) is 3. The van der Waals surface area contributed by atoms with Gasteiger partial charge in [-0.3, -0.25) is 14.5 Å². The van der Waals surface area contributed by atoms with E-state index in [9.17, 15) is 22.4 Å². The molecule has 0 atom stereocenters. The fourth-order valence-corrected chi connectivity index (χ4v) is 2.56. The molecule has 0 bridgehead atoms. The van der Waals surface area contributed by atoms with Crippen LogP contribution in [0.3, 0.4) is 0 Å². The maximum absolute atomic E-state index is 14.4. The van der Waals surface area contributed by atoms with Crippen LogP contribution < -0.4 is 5.32 Å². The standard InChI is InChI=1S/C17H16F4N4OS/c1-9(22-10(2)27)6-16(26)23-11-4-5-12(13(18)7-11)14-8-15(17(19,20)21)24-25(14)3/h4-5,7-8H,6H2,1-3H3,(H,23,26). The Bertz CT molecular complexity index is 918. The number of thiocarbonyl (C=S) groups is 1. The lowest BCUT2D eigenvalue weighted by Gasteiger charge is -2.08. The van der Waals surface area contributed by atoms with Crippen molar-refractivity contribution in [2.24, 2.45) is 12.0 Å². The van der Waals surface area contributed by atoms with Gasteiger partial charge >= 0.3 is 6.18 Å². The van der Waals surface area contributed by atoms with Crippen molar-refractivity contribution in [2.75, 3.05) is 5.32 Å². The normalized spacial score (nSPS) is 12.2.